The molecule has 0 aliphatic heterocycles. The molecule has 0 bridgehead atoms. The van der Waals surface area contributed by atoms with Crippen molar-refractivity contribution in [1.82, 2.24) is 15.6 Å². The van der Waals surface area contributed by atoms with E-state index in [9.17, 15) is 14.4 Å². The summed E-state index contributed by atoms with van der Waals surface area (Å²) in [5, 5.41) is 10.7. The minimum Gasteiger partial charge on any atom is -0.458 e. The number of thiazole rings is 1. The SMILES string of the molecule is CC(=O)NCc1ccc(-c2csc(NC(=O)C(NC(=O)C3CCCCC3)C(C)C)n2)o1. The molecule has 2 aromatic heterocycles. The third-order valence-electron chi connectivity index (χ3n) is 5.38. The lowest BCUT2D eigenvalue weighted by molar-refractivity contribution is -0.130. The van der Waals surface area contributed by atoms with Crippen LogP contribution in [0.1, 0.15) is 58.6 Å². The van der Waals surface area contributed by atoms with Crippen molar-refractivity contribution in [3.63, 3.8) is 0 Å². The fourth-order valence-corrected chi connectivity index (χ4v) is 4.32. The van der Waals surface area contributed by atoms with Crippen molar-refractivity contribution in [3.8, 4) is 11.5 Å². The molecule has 3 rings (SSSR count). The summed E-state index contributed by atoms with van der Waals surface area (Å²) in [6.07, 6.45) is 5.09. The predicted octanol–water partition coefficient (Wildman–Crippen LogP) is 3.70. The first-order valence-corrected chi connectivity index (χ1v) is 11.6. The highest BCUT2D eigenvalue weighted by atomic mass is 32.1. The second kappa shape index (κ2) is 10.6. The normalized spacial score (nSPS) is 15.5. The van der Waals surface area contributed by atoms with Gasteiger partial charge in [0, 0.05) is 18.2 Å². The Bertz CT molecular complexity index is 914. The van der Waals surface area contributed by atoms with Crippen LogP contribution in [0.5, 0.6) is 0 Å². The molecular formula is C22H30N4O4S. The highest BCUT2D eigenvalue weighted by molar-refractivity contribution is 7.14. The average molecular weight is 447 g/mol. The van der Waals surface area contributed by atoms with Crippen LogP contribution in [0.25, 0.3) is 11.5 Å². The van der Waals surface area contributed by atoms with Crippen LogP contribution in [0, 0.1) is 11.8 Å². The van der Waals surface area contributed by atoms with E-state index < -0.39 is 6.04 Å². The Balaban J connectivity index is 1.60. The number of furan rings is 1. The van der Waals surface area contributed by atoms with Gasteiger partial charge >= 0.3 is 0 Å². The number of amides is 3. The summed E-state index contributed by atoms with van der Waals surface area (Å²) in [6, 6.07) is 2.94. The highest BCUT2D eigenvalue weighted by Crippen LogP contribution is 2.27. The van der Waals surface area contributed by atoms with E-state index in [1.807, 2.05) is 13.8 Å². The predicted molar refractivity (Wildman–Crippen MR) is 119 cm³/mol. The molecule has 0 saturated heterocycles. The van der Waals surface area contributed by atoms with E-state index in [2.05, 4.69) is 20.9 Å². The van der Waals surface area contributed by atoms with Crippen LogP contribution in [-0.4, -0.2) is 28.7 Å². The van der Waals surface area contributed by atoms with Crippen LogP contribution < -0.4 is 16.0 Å². The molecule has 0 spiro atoms. The van der Waals surface area contributed by atoms with Crippen LogP contribution in [0.2, 0.25) is 0 Å². The fourth-order valence-electron chi connectivity index (χ4n) is 3.62. The third-order valence-corrected chi connectivity index (χ3v) is 6.14. The maximum atomic E-state index is 12.8. The molecule has 1 aliphatic rings. The Kier molecular flexibility index (Phi) is 7.84. The van der Waals surface area contributed by atoms with Crippen LogP contribution in [0.3, 0.4) is 0 Å². The molecule has 0 aromatic carbocycles. The van der Waals surface area contributed by atoms with Crippen LogP contribution in [0.15, 0.2) is 21.9 Å². The van der Waals surface area contributed by atoms with Gasteiger partial charge < -0.3 is 20.4 Å². The summed E-state index contributed by atoms with van der Waals surface area (Å²) < 4.78 is 5.70. The molecule has 1 atom stereocenters. The molecule has 3 N–H and O–H groups in total. The molecule has 2 heterocycles. The van der Waals surface area contributed by atoms with Crippen molar-refractivity contribution in [1.29, 1.82) is 0 Å². The van der Waals surface area contributed by atoms with Gasteiger partial charge in [-0.15, -0.1) is 11.3 Å². The van der Waals surface area contributed by atoms with Gasteiger partial charge in [0.05, 0.1) is 6.54 Å². The molecule has 1 fully saturated rings. The summed E-state index contributed by atoms with van der Waals surface area (Å²) in [5.74, 6) is 0.693. The smallest absolute Gasteiger partial charge is 0.248 e. The summed E-state index contributed by atoms with van der Waals surface area (Å²) >= 11 is 1.29. The number of hydrogen-bond acceptors (Lipinski definition) is 6. The zero-order chi connectivity index (χ0) is 22.4. The van der Waals surface area contributed by atoms with E-state index in [1.54, 1.807) is 17.5 Å². The first kappa shape index (κ1) is 23.0. The van der Waals surface area contributed by atoms with Gasteiger partial charge in [0.15, 0.2) is 10.9 Å². The second-order valence-electron chi connectivity index (χ2n) is 8.27. The molecule has 168 valence electrons. The Labute approximate surface area is 186 Å². The fraction of sp³-hybridized carbons (Fsp3) is 0.545. The third kappa shape index (κ3) is 6.40. The van der Waals surface area contributed by atoms with Gasteiger partial charge in [-0.3, -0.25) is 14.4 Å². The minimum absolute atomic E-state index is 0.0000874. The number of nitrogens with one attached hydrogen (secondary N) is 3. The van der Waals surface area contributed by atoms with Crippen LogP contribution in [-0.2, 0) is 20.9 Å². The molecule has 1 saturated carbocycles. The standard InChI is InChI=1S/C22H30N4O4S/c1-13(2)19(25-20(28)15-7-5-4-6-8-15)21(29)26-22-24-17(12-31-22)18-10-9-16(30-18)11-23-14(3)27/h9-10,12-13,15,19H,4-8,11H2,1-3H3,(H,23,27)(H,25,28)(H,24,26,29). The van der Waals surface area contributed by atoms with Gasteiger partial charge in [-0.25, -0.2) is 4.98 Å². The summed E-state index contributed by atoms with van der Waals surface area (Å²) in [7, 11) is 0. The minimum atomic E-state index is -0.616. The van der Waals surface area contributed by atoms with E-state index in [4.69, 9.17) is 4.42 Å². The van der Waals surface area contributed by atoms with Gasteiger partial charge in [-0.05, 0) is 30.9 Å². The topological polar surface area (TPSA) is 113 Å². The lowest BCUT2D eigenvalue weighted by Crippen LogP contribution is -2.49. The Morgan fingerprint density at radius 2 is 1.94 bits per heavy atom. The quantitative estimate of drug-likeness (QED) is 0.572. The van der Waals surface area contributed by atoms with Crippen LogP contribution >= 0.6 is 11.3 Å². The Morgan fingerprint density at radius 3 is 2.61 bits per heavy atom. The molecule has 0 radical (unpaired) electrons. The van der Waals surface area contributed by atoms with Crippen LogP contribution in [0.4, 0.5) is 5.13 Å². The van der Waals surface area contributed by atoms with Crippen molar-refractivity contribution < 1.29 is 18.8 Å². The monoisotopic (exact) mass is 446 g/mol. The molecule has 9 heteroatoms. The number of carbonyl (C=O) groups excluding carboxylic acids is 3. The number of aromatic nitrogens is 1. The van der Waals surface area contributed by atoms with Crippen molar-refractivity contribution in [2.75, 3.05) is 5.32 Å². The zero-order valence-electron chi connectivity index (χ0n) is 18.2. The Hall–Kier alpha value is -2.68. The number of anilines is 1. The number of nitrogens with zero attached hydrogens (tertiary/aromatic N) is 1. The van der Waals surface area contributed by atoms with E-state index in [-0.39, 0.29) is 29.6 Å². The van der Waals surface area contributed by atoms with Gasteiger partial charge in [-0.2, -0.15) is 0 Å². The van der Waals surface area contributed by atoms with Crippen molar-refractivity contribution in [3.05, 3.63) is 23.3 Å². The average Bonchev–Trinajstić information content (AvgIpc) is 3.40. The number of carbonyl (C=O) groups is 3. The molecule has 8 nitrogen and oxygen atoms in total. The first-order valence-electron chi connectivity index (χ1n) is 10.7. The van der Waals surface area contributed by atoms with Crippen molar-refractivity contribution in [2.24, 2.45) is 11.8 Å². The molecule has 2 aromatic rings. The zero-order valence-corrected chi connectivity index (χ0v) is 19.0. The van der Waals surface area contributed by atoms with Gasteiger partial charge in [0.25, 0.3) is 0 Å². The highest BCUT2D eigenvalue weighted by Gasteiger charge is 2.29. The summed E-state index contributed by atoms with van der Waals surface area (Å²) in [4.78, 5) is 40.9. The van der Waals surface area contributed by atoms with Crippen molar-refractivity contribution >= 4 is 34.2 Å². The molecule has 1 unspecified atom stereocenters. The molecular weight excluding hydrogens is 416 g/mol. The molecule has 1 aliphatic carbocycles. The van der Waals surface area contributed by atoms with Gasteiger partial charge in [0.1, 0.15) is 17.5 Å². The lowest BCUT2D eigenvalue weighted by atomic mass is 9.88. The molecule has 31 heavy (non-hydrogen) atoms. The largest absolute Gasteiger partial charge is 0.458 e. The maximum Gasteiger partial charge on any atom is 0.248 e. The molecule has 3 amide bonds. The van der Waals surface area contributed by atoms with E-state index in [0.29, 0.717) is 28.9 Å². The first-order chi connectivity index (χ1) is 14.8. The number of hydrogen-bond donors (Lipinski definition) is 3. The summed E-state index contributed by atoms with van der Waals surface area (Å²) in [6.45, 7) is 5.58. The van der Waals surface area contributed by atoms with Crippen molar-refractivity contribution in [2.45, 2.75) is 65.5 Å². The number of rotatable bonds is 8. The van der Waals surface area contributed by atoms with E-state index >= 15 is 0 Å². The van der Waals surface area contributed by atoms with E-state index in [0.717, 1.165) is 25.7 Å². The van der Waals surface area contributed by atoms with Gasteiger partial charge in [0.2, 0.25) is 17.7 Å². The Morgan fingerprint density at radius 1 is 1.19 bits per heavy atom. The maximum absolute atomic E-state index is 12.8. The van der Waals surface area contributed by atoms with E-state index in [1.165, 1.54) is 24.7 Å². The van der Waals surface area contributed by atoms with Gasteiger partial charge in [-0.1, -0.05) is 33.1 Å². The summed E-state index contributed by atoms with van der Waals surface area (Å²) in [5.41, 5.74) is 0.599. The second-order valence-corrected chi connectivity index (χ2v) is 9.13. The lowest BCUT2D eigenvalue weighted by Gasteiger charge is -2.26.